The topological polar surface area (TPSA) is 100 Å². The highest BCUT2D eigenvalue weighted by atomic mass is 35.5. The van der Waals surface area contributed by atoms with E-state index in [1.54, 1.807) is 24.3 Å². The number of amides is 1. The molecule has 1 aromatic heterocycles. The van der Waals surface area contributed by atoms with Crippen molar-refractivity contribution in [2.75, 3.05) is 13.7 Å². The number of unbranched alkanes of at least 4 members (excludes halogenated alkanes) is 2. The highest BCUT2D eigenvalue weighted by molar-refractivity contribution is 6.31. The van der Waals surface area contributed by atoms with Gasteiger partial charge in [0.25, 0.3) is 5.91 Å². The summed E-state index contributed by atoms with van der Waals surface area (Å²) in [4.78, 5) is 28.0. The summed E-state index contributed by atoms with van der Waals surface area (Å²) in [5.74, 6) is -1.56. The maximum absolute atomic E-state index is 13.6. The van der Waals surface area contributed by atoms with Gasteiger partial charge in [-0.05, 0) is 36.2 Å². The first-order valence-corrected chi connectivity index (χ1v) is 11.1. The number of ether oxygens (including phenoxy) is 1. The van der Waals surface area contributed by atoms with Crippen LogP contribution in [0.4, 0.5) is 0 Å². The molecule has 4 rings (SSSR count). The third-order valence-electron chi connectivity index (χ3n) is 5.73. The first kappa shape index (κ1) is 22.7. The van der Waals surface area contributed by atoms with Gasteiger partial charge in [0.1, 0.15) is 5.75 Å². The van der Waals surface area contributed by atoms with Gasteiger partial charge in [-0.1, -0.05) is 43.5 Å². The van der Waals surface area contributed by atoms with Crippen molar-refractivity contribution in [1.82, 2.24) is 4.90 Å². The van der Waals surface area contributed by atoms with Gasteiger partial charge in [-0.25, -0.2) is 0 Å². The van der Waals surface area contributed by atoms with Gasteiger partial charge in [0.15, 0.2) is 22.9 Å². The quantitative estimate of drug-likeness (QED) is 0.330. The number of furan rings is 1. The minimum Gasteiger partial charge on any atom is -0.508 e. The summed E-state index contributed by atoms with van der Waals surface area (Å²) >= 11 is 6.13. The van der Waals surface area contributed by atoms with Crippen molar-refractivity contribution in [3.8, 4) is 11.5 Å². The Morgan fingerprint density at radius 2 is 1.97 bits per heavy atom. The summed E-state index contributed by atoms with van der Waals surface area (Å²) in [6.45, 7) is 2.41. The Morgan fingerprint density at radius 1 is 1.18 bits per heavy atom. The van der Waals surface area contributed by atoms with Crippen LogP contribution >= 0.6 is 11.6 Å². The largest absolute Gasteiger partial charge is 0.508 e. The molecule has 2 heterocycles. The molecule has 2 N–H and O–H groups in total. The Morgan fingerprint density at radius 3 is 2.67 bits per heavy atom. The second-order valence-corrected chi connectivity index (χ2v) is 8.37. The Balaban J connectivity index is 1.80. The molecule has 33 heavy (non-hydrogen) atoms. The minimum atomic E-state index is -0.854. The number of aromatic hydroxyl groups is 1. The summed E-state index contributed by atoms with van der Waals surface area (Å²) in [5.41, 5.74) is 0.763. The fourth-order valence-electron chi connectivity index (χ4n) is 4.17. The lowest BCUT2D eigenvalue weighted by Crippen LogP contribution is -2.32. The van der Waals surface area contributed by atoms with Crippen molar-refractivity contribution in [1.29, 1.82) is 0 Å². The SMILES string of the molecule is CCCCCN1C(=O)C(O)=C(C(=O)c2cc3cc(Cl)cc(OC)c3o2)C1c1cccc(O)c1. The second kappa shape index (κ2) is 9.19. The molecule has 0 saturated heterocycles. The summed E-state index contributed by atoms with van der Waals surface area (Å²) in [6, 6.07) is 10.2. The number of hydrogen-bond acceptors (Lipinski definition) is 6. The fraction of sp³-hybridized carbons (Fsp3) is 0.280. The molecular formula is C25H24ClNO6. The fourth-order valence-corrected chi connectivity index (χ4v) is 4.39. The molecule has 7 nitrogen and oxygen atoms in total. The van der Waals surface area contributed by atoms with Crippen LogP contribution in [-0.2, 0) is 4.79 Å². The van der Waals surface area contributed by atoms with E-state index in [1.165, 1.54) is 30.2 Å². The van der Waals surface area contributed by atoms with Crippen LogP contribution in [0.3, 0.4) is 0 Å². The number of halogens is 1. The lowest BCUT2D eigenvalue weighted by Gasteiger charge is -2.26. The highest BCUT2D eigenvalue weighted by Crippen LogP contribution is 2.41. The van der Waals surface area contributed by atoms with Crippen LogP contribution in [-0.4, -0.2) is 40.5 Å². The number of nitrogens with zero attached hydrogens (tertiary/aromatic N) is 1. The number of fused-ring (bicyclic) bond motifs is 1. The molecule has 0 fully saturated rings. The number of aliphatic hydroxyl groups is 1. The van der Waals surface area contributed by atoms with E-state index < -0.39 is 23.5 Å². The Bertz CT molecular complexity index is 1260. The molecule has 0 aliphatic carbocycles. The molecule has 1 aliphatic heterocycles. The number of methoxy groups -OCH3 is 1. The normalized spacial score (nSPS) is 16.2. The van der Waals surface area contributed by atoms with E-state index in [0.29, 0.717) is 40.3 Å². The molecule has 0 radical (unpaired) electrons. The van der Waals surface area contributed by atoms with Gasteiger partial charge in [0.05, 0.1) is 18.7 Å². The van der Waals surface area contributed by atoms with Crippen LogP contribution in [0.2, 0.25) is 5.02 Å². The van der Waals surface area contributed by atoms with Gasteiger partial charge in [0.2, 0.25) is 5.78 Å². The van der Waals surface area contributed by atoms with Gasteiger partial charge in [-0.2, -0.15) is 0 Å². The molecule has 1 unspecified atom stereocenters. The zero-order valence-electron chi connectivity index (χ0n) is 18.3. The van der Waals surface area contributed by atoms with Crippen molar-refractivity contribution in [3.05, 3.63) is 70.1 Å². The number of benzene rings is 2. The summed E-state index contributed by atoms with van der Waals surface area (Å²) < 4.78 is 11.1. The van der Waals surface area contributed by atoms with Crippen molar-refractivity contribution >= 4 is 34.3 Å². The number of carbonyl (C=O) groups is 2. The Hall–Kier alpha value is -3.45. The lowest BCUT2D eigenvalue weighted by atomic mass is 9.94. The number of rotatable bonds is 8. The van der Waals surface area contributed by atoms with Crippen molar-refractivity contribution in [2.24, 2.45) is 0 Å². The highest BCUT2D eigenvalue weighted by Gasteiger charge is 2.44. The number of phenols is 1. The zero-order valence-corrected chi connectivity index (χ0v) is 19.1. The summed E-state index contributed by atoms with van der Waals surface area (Å²) in [7, 11) is 1.46. The molecule has 1 atom stereocenters. The average molecular weight is 470 g/mol. The number of aliphatic hydroxyl groups excluding tert-OH is 1. The Labute approximate surface area is 195 Å². The summed E-state index contributed by atoms with van der Waals surface area (Å²) in [5, 5.41) is 21.7. The summed E-state index contributed by atoms with van der Waals surface area (Å²) in [6.07, 6.45) is 2.56. The first-order chi connectivity index (χ1) is 15.8. The van der Waals surface area contributed by atoms with E-state index >= 15 is 0 Å². The predicted octanol–water partition coefficient (Wildman–Crippen LogP) is 5.57. The molecule has 2 aromatic carbocycles. The van der Waals surface area contributed by atoms with E-state index in [0.717, 1.165) is 12.8 Å². The van der Waals surface area contributed by atoms with E-state index in [1.807, 2.05) is 6.92 Å². The second-order valence-electron chi connectivity index (χ2n) is 7.93. The van der Waals surface area contributed by atoms with E-state index in [4.69, 9.17) is 20.8 Å². The number of phenolic OH excluding ortho intramolecular Hbond substituents is 1. The zero-order chi connectivity index (χ0) is 23.7. The molecule has 1 aliphatic rings. The van der Waals surface area contributed by atoms with Gasteiger partial charge in [-0.15, -0.1) is 0 Å². The Kier molecular flexibility index (Phi) is 6.33. The number of hydrogen-bond donors (Lipinski definition) is 2. The minimum absolute atomic E-state index is 0.00485. The molecule has 172 valence electrons. The van der Waals surface area contributed by atoms with E-state index in [-0.39, 0.29) is 17.1 Å². The molecular weight excluding hydrogens is 446 g/mol. The maximum Gasteiger partial charge on any atom is 0.290 e. The lowest BCUT2D eigenvalue weighted by molar-refractivity contribution is -0.129. The van der Waals surface area contributed by atoms with Gasteiger partial charge in [-0.3, -0.25) is 9.59 Å². The molecule has 1 amide bonds. The smallest absolute Gasteiger partial charge is 0.290 e. The van der Waals surface area contributed by atoms with Crippen LogP contribution in [0.1, 0.15) is 48.3 Å². The monoisotopic (exact) mass is 469 g/mol. The van der Waals surface area contributed by atoms with Crippen molar-refractivity contribution < 1.29 is 29.0 Å². The number of Topliss-reactive ketones (excluding diaryl/α,β-unsaturated/α-hetero) is 1. The maximum atomic E-state index is 13.6. The van der Waals surface area contributed by atoms with Crippen LogP contribution in [0.15, 0.2) is 58.2 Å². The van der Waals surface area contributed by atoms with E-state index in [9.17, 15) is 19.8 Å². The third kappa shape index (κ3) is 4.16. The van der Waals surface area contributed by atoms with Gasteiger partial charge < -0.3 is 24.3 Å². The number of carbonyl (C=O) groups excluding carboxylic acids is 2. The number of ketones is 1. The average Bonchev–Trinajstić information content (AvgIpc) is 3.32. The standard InChI is InChI=1S/C25H24ClNO6/c1-3-4-5-9-27-21(14-7-6-8-17(28)11-14)20(23(30)25(27)31)22(29)18-12-15-10-16(26)13-19(32-2)24(15)33-18/h6-8,10-13,21,28,30H,3-5,9H2,1-2H3. The van der Waals surface area contributed by atoms with Gasteiger partial charge in [0, 0.05) is 23.0 Å². The third-order valence-corrected chi connectivity index (χ3v) is 5.95. The first-order valence-electron chi connectivity index (χ1n) is 10.7. The van der Waals surface area contributed by atoms with Crippen molar-refractivity contribution in [2.45, 2.75) is 32.2 Å². The van der Waals surface area contributed by atoms with Crippen molar-refractivity contribution in [3.63, 3.8) is 0 Å². The van der Waals surface area contributed by atoms with Gasteiger partial charge >= 0.3 is 0 Å². The van der Waals surface area contributed by atoms with Crippen LogP contribution in [0.5, 0.6) is 11.5 Å². The predicted molar refractivity (Wildman–Crippen MR) is 124 cm³/mol. The van der Waals surface area contributed by atoms with Crippen LogP contribution in [0.25, 0.3) is 11.0 Å². The van der Waals surface area contributed by atoms with E-state index in [2.05, 4.69) is 0 Å². The molecule has 3 aromatic rings. The van der Waals surface area contributed by atoms with Crippen LogP contribution < -0.4 is 4.74 Å². The molecule has 0 bridgehead atoms. The molecule has 0 saturated carbocycles. The van der Waals surface area contributed by atoms with Crippen LogP contribution in [0, 0.1) is 0 Å². The molecule has 8 heteroatoms. The molecule has 0 spiro atoms.